The number of aromatic nitrogens is 3. The Morgan fingerprint density at radius 2 is 2.22 bits per heavy atom. The van der Waals surface area contributed by atoms with Crippen LogP contribution in [0.25, 0.3) is 11.7 Å². The molecule has 0 N–H and O–H groups in total. The molecule has 23 heavy (non-hydrogen) atoms. The van der Waals surface area contributed by atoms with Gasteiger partial charge in [0.25, 0.3) is 5.89 Å². The van der Waals surface area contributed by atoms with Gasteiger partial charge in [0.2, 0.25) is 0 Å². The molecule has 4 rings (SSSR count). The molecule has 4 heterocycles. The van der Waals surface area contributed by atoms with Crippen LogP contribution in [0.1, 0.15) is 41.7 Å². The van der Waals surface area contributed by atoms with Gasteiger partial charge in [-0.2, -0.15) is 0 Å². The van der Waals surface area contributed by atoms with Crippen LogP contribution in [0, 0.1) is 13.8 Å². The van der Waals surface area contributed by atoms with Crippen molar-refractivity contribution in [1.82, 2.24) is 20.2 Å². The molecule has 120 valence electrons. The Kier molecular flexibility index (Phi) is 3.49. The predicted octanol–water partition coefficient (Wildman–Crippen LogP) is 3.27. The fourth-order valence-corrected chi connectivity index (χ4v) is 3.14. The molecule has 7 heteroatoms. The summed E-state index contributed by atoms with van der Waals surface area (Å²) in [5.74, 6) is 1.99. The van der Waals surface area contributed by atoms with Gasteiger partial charge < -0.3 is 8.83 Å². The van der Waals surface area contributed by atoms with Crippen molar-refractivity contribution < 1.29 is 13.5 Å². The summed E-state index contributed by atoms with van der Waals surface area (Å²) in [5, 5.41) is 7.97. The van der Waals surface area contributed by atoms with Crippen molar-refractivity contribution in [3.05, 3.63) is 41.2 Å². The largest absolute Gasteiger partial charge is 0.459 e. The molecule has 0 unspecified atom stereocenters. The summed E-state index contributed by atoms with van der Waals surface area (Å²) >= 11 is 0. The number of hydrogen-bond donors (Lipinski definition) is 0. The van der Waals surface area contributed by atoms with E-state index >= 15 is 0 Å². The molecule has 3 aromatic heterocycles. The van der Waals surface area contributed by atoms with Gasteiger partial charge in [0, 0.05) is 6.54 Å². The third kappa shape index (κ3) is 2.57. The molecule has 0 saturated carbocycles. The second-order valence-corrected chi connectivity index (χ2v) is 5.86. The van der Waals surface area contributed by atoms with E-state index in [1.54, 1.807) is 6.26 Å². The molecule has 0 radical (unpaired) electrons. The molecule has 1 fully saturated rings. The summed E-state index contributed by atoms with van der Waals surface area (Å²) in [5.41, 5.74) is 2.71. The minimum Gasteiger partial charge on any atom is -0.459 e. The Morgan fingerprint density at radius 3 is 2.96 bits per heavy atom. The summed E-state index contributed by atoms with van der Waals surface area (Å²) in [6, 6.07) is 3.90. The number of rotatable bonds is 4. The number of furan rings is 1. The highest BCUT2D eigenvalue weighted by Crippen LogP contribution is 2.34. The van der Waals surface area contributed by atoms with Crippen molar-refractivity contribution in [3.63, 3.8) is 0 Å². The minimum atomic E-state index is 0.226. The number of likely N-dealkylation sites (tertiary alicyclic amines) is 1. The van der Waals surface area contributed by atoms with Crippen LogP contribution >= 0.6 is 0 Å². The van der Waals surface area contributed by atoms with E-state index in [0.717, 1.165) is 42.2 Å². The Labute approximate surface area is 133 Å². The topological polar surface area (TPSA) is 81.3 Å². The fourth-order valence-electron chi connectivity index (χ4n) is 3.14. The van der Waals surface area contributed by atoms with Gasteiger partial charge in [-0.1, -0.05) is 10.3 Å². The first-order valence-corrected chi connectivity index (χ1v) is 7.75. The summed E-state index contributed by atoms with van der Waals surface area (Å²) < 4.78 is 16.0. The zero-order chi connectivity index (χ0) is 15.8. The molecule has 0 aliphatic carbocycles. The maximum atomic E-state index is 5.74. The quantitative estimate of drug-likeness (QED) is 0.731. The lowest BCUT2D eigenvalue weighted by Crippen LogP contribution is -2.24. The monoisotopic (exact) mass is 314 g/mol. The van der Waals surface area contributed by atoms with Crippen LogP contribution in [0.2, 0.25) is 0 Å². The highest BCUT2D eigenvalue weighted by Gasteiger charge is 2.31. The van der Waals surface area contributed by atoms with E-state index in [2.05, 4.69) is 20.2 Å². The number of hydrogen-bond acceptors (Lipinski definition) is 7. The van der Waals surface area contributed by atoms with Crippen molar-refractivity contribution in [2.45, 2.75) is 39.3 Å². The third-order valence-corrected chi connectivity index (χ3v) is 4.34. The van der Waals surface area contributed by atoms with E-state index in [-0.39, 0.29) is 6.04 Å². The molecule has 0 spiro atoms. The second kappa shape index (κ2) is 5.66. The Hall–Kier alpha value is -2.41. The van der Waals surface area contributed by atoms with Gasteiger partial charge in [-0.05, 0) is 45.4 Å². The van der Waals surface area contributed by atoms with Crippen LogP contribution in [-0.2, 0) is 6.54 Å². The summed E-state index contributed by atoms with van der Waals surface area (Å²) in [6.07, 6.45) is 3.79. The molecular weight excluding hydrogens is 296 g/mol. The minimum absolute atomic E-state index is 0.226. The van der Waals surface area contributed by atoms with Crippen molar-refractivity contribution in [2.24, 2.45) is 0 Å². The highest BCUT2D eigenvalue weighted by molar-refractivity contribution is 5.44. The molecular formula is C16H18N4O3. The van der Waals surface area contributed by atoms with Gasteiger partial charge in [0.1, 0.15) is 17.1 Å². The van der Waals surface area contributed by atoms with Crippen molar-refractivity contribution in [1.29, 1.82) is 0 Å². The molecule has 0 bridgehead atoms. The maximum absolute atomic E-state index is 5.74. The number of aryl methyl sites for hydroxylation is 2. The number of nitrogens with zero attached hydrogens (tertiary/aromatic N) is 4. The first-order chi connectivity index (χ1) is 11.2. The van der Waals surface area contributed by atoms with Gasteiger partial charge in [-0.25, -0.2) is 9.61 Å². The third-order valence-electron chi connectivity index (χ3n) is 4.34. The van der Waals surface area contributed by atoms with Gasteiger partial charge in [0.05, 0.1) is 18.0 Å². The lowest BCUT2D eigenvalue weighted by Gasteiger charge is -2.21. The molecule has 1 atom stereocenters. The maximum Gasteiger partial charge on any atom is 0.263 e. The molecule has 0 aromatic carbocycles. The molecule has 0 amide bonds. The summed E-state index contributed by atoms with van der Waals surface area (Å²) in [7, 11) is 0. The summed E-state index contributed by atoms with van der Waals surface area (Å²) in [4.78, 5) is 6.94. The van der Waals surface area contributed by atoms with Crippen LogP contribution in [0.15, 0.2) is 31.9 Å². The first kappa shape index (κ1) is 14.2. The van der Waals surface area contributed by atoms with Crippen LogP contribution in [0.4, 0.5) is 0 Å². The Morgan fingerprint density at radius 1 is 1.30 bits per heavy atom. The average Bonchev–Trinajstić information content (AvgIpc) is 3.28. The SMILES string of the molecule is Cc1nonc1[C@@H]1CCCN1Cc1nc(-c2ccco2)oc1C. The zero-order valence-electron chi connectivity index (χ0n) is 13.2. The normalized spacial score (nSPS) is 18.8. The van der Waals surface area contributed by atoms with Gasteiger partial charge in [-0.15, -0.1) is 0 Å². The Bertz CT molecular complexity index is 790. The van der Waals surface area contributed by atoms with Gasteiger partial charge in [0.15, 0.2) is 5.76 Å². The van der Waals surface area contributed by atoms with Crippen LogP contribution < -0.4 is 0 Å². The smallest absolute Gasteiger partial charge is 0.263 e. The first-order valence-electron chi connectivity index (χ1n) is 7.75. The molecule has 1 aliphatic heterocycles. The highest BCUT2D eigenvalue weighted by atomic mass is 16.6. The van der Waals surface area contributed by atoms with E-state index < -0.39 is 0 Å². The molecule has 7 nitrogen and oxygen atoms in total. The summed E-state index contributed by atoms with van der Waals surface area (Å²) in [6.45, 7) is 5.58. The van der Waals surface area contributed by atoms with Crippen LogP contribution in [0.5, 0.6) is 0 Å². The van der Waals surface area contributed by atoms with Gasteiger partial charge >= 0.3 is 0 Å². The van der Waals surface area contributed by atoms with Crippen molar-refractivity contribution in [3.8, 4) is 11.7 Å². The van der Waals surface area contributed by atoms with E-state index in [9.17, 15) is 0 Å². The standard InChI is InChI=1S/C16H18N4O3/c1-10-15(19-23-18-10)13-5-3-7-20(13)9-12-11(2)22-16(17-12)14-6-4-8-21-14/h4,6,8,13H,3,5,7,9H2,1-2H3/t13-/m0/s1. The fraction of sp³-hybridized carbons (Fsp3) is 0.438. The van der Waals surface area contributed by atoms with Crippen LogP contribution in [-0.4, -0.2) is 26.7 Å². The van der Waals surface area contributed by atoms with E-state index in [0.29, 0.717) is 18.2 Å². The van der Waals surface area contributed by atoms with E-state index in [1.165, 1.54) is 0 Å². The molecule has 3 aromatic rings. The van der Waals surface area contributed by atoms with Crippen LogP contribution in [0.3, 0.4) is 0 Å². The second-order valence-electron chi connectivity index (χ2n) is 5.86. The predicted molar refractivity (Wildman–Crippen MR) is 80.4 cm³/mol. The Balaban J connectivity index is 1.57. The van der Waals surface area contributed by atoms with Gasteiger partial charge in [-0.3, -0.25) is 4.90 Å². The molecule has 1 aliphatic rings. The number of oxazole rings is 1. The lowest BCUT2D eigenvalue weighted by molar-refractivity contribution is 0.228. The van der Waals surface area contributed by atoms with E-state index in [1.807, 2.05) is 26.0 Å². The zero-order valence-corrected chi connectivity index (χ0v) is 13.2. The average molecular weight is 314 g/mol. The lowest BCUT2D eigenvalue weighted by atomic mass is 10.1. The molecule has 1 saturated heterocycles. The van der Waals surface area contributed by atoms with Crippen molar-refractivity contribution in [2.75, 3.05) is 6.54 Å². The van der Waals surface area contributed by atoms with Crippen molar-refractivity contribution >= 4 is 0 Å². The van der Waals surface area contributed by atoms with E-state index in [4.69, 9.17) is 13.5 Å².